The third-order valence-electron chi connectivity index (χ3n) is 4.90. The molecule has 2 aromatic heterocycles. The van der Waals surface area contributed by atoms with E-state index in [2.05, 4.69) is 20.6 Å². The molecule has 4 aromatic rings. The van der Waals surface area contributed by atoms with E-state index < -0.39 is 5.91 Å². The Kier molecular flexibility index (Phi) is 5.89. The number of hydrogen-bond donors (Lipinski definition) is 2. The number of nitrogens with one attached hydrogen (secondary N) is 1. The quantitative estimate of drug-likeness (QED) is 0.455. The van der Waals surface area contributed by atoms with Gasteiger partial charge in [-0.1, -0.05) is 22.9 Å². The number of benzene rings is 2. The van der Waals surface area contributed by atoms with Crippen LogP contribution in [0, 0.1) is 13.8 Å². The Morgan fingerprint density at radius 3 is 2.53 bits per heavy atom. The van der Waals surface area contributed by atoms with Gasteiger partial charge in [-0.15, -0.1) is 5.10 Å². The summed E-state index contributed by atoms with van der Waals surface area (Å²) in [6.07, 6.45) is 0. The fraction of sp³-hybridized carbons (Fsp3) is 0.217. The summed E-state index contributed by atoms with van der Waals surface area (Å²) in [5.41, 5.74) is 9.43. The summed E-state index contributed by atoms with van der Waals surface area (Å²) in [6.45, 7) is 6.56. The zero-order chi connectivity index (χ0) is 22.7. The molecule has 0 saturated heterocycles. The van der Waals surface area contributed by atoms with Crippen LogP contribution in [-0.4, -0.2) is 32.5 Å². The number of oxazole rings is 1. The molecule has 9 heteroatoms. The lowest BCUT2D eigenvalue weighted by molar-refractivity contribution is 0.102. The van der Waals surface area contributed by atoms with Crippen LogP contribution in [-0.2, 0) is 6.54 Å². The van der Waals surface area contributed by atoms with Crippen molar-refractivity contribution < 1.29 is 13.9 Å². The molecule has 9 nitrogen and oxygen atoms in total. The Morgan fingerprint density at radius 1 is 1.12 bits per heavy atom. The molecule has 2 heterocycles. The van der Waals surface area contributed by atoms with Gasteiger partial charge in [-0.2, -0.15) is 0 Å². The molecule has 0 aliphatic carbocycles. The van der Waals surface area contributed by atoms with Crippen molar-refractivity contribution in [1.29, 1.82) is 0 Å². The van der Waals surface area contributed by atoms with Crippen LogP contribution < -0.4 is 15.8 Å². The zero-order valence-electron chi connectivity index (χ0n) is 18.1. The average molecular weight is 432 g/mol. The summed E-state index contributed by atoms with van der Waals surface area (Å²) in [5, 5.41) is 10.8. The molecule has 2 aromatic carbocycles. The van der Waals surface area contributed by atoms with Gasteiger partial charge in [0.2, 0.25) is 5.89 Å². The minimum atomic E-state index is -0.426. The largest absolute Gasteiger partial charge is 0.494 e. The van der Waals surface area contributed by atoms with Crippen LogP contribution in [0.25, 0.3) is 11.5 Å². The van der Waals surface area contributed by atoms with Crippen molar-refractivity contribution in [2.24, 2.45) is 0 Å². The van der Waals surface area contributed by atoms with Crippen LogP contribution in [0.2, 0.25) is 0 Å². The van der Waals surface area contributed by atoms with Gasteiger partial charge in [-0.3, -0.25) is 4.79 Å². The van der Waals surface area contributed by atoms with Gasteiger partial charge in [0.05, 0.1) is 13.2 Å². The lowest BCUT2D eigenvalue weighted by Gasteiger charge is -2.04. The maximum Gasteiger partial charge on any atom is 0.280 e. The molecule has 3 N–H and O–H groups in total. The lowest BCUT2D eigenvalue weighted by Crippen LogP contribution is -2.15. The van der Waals surface area contributed by atoms with Crippen molar-refractivity contribution >= 4 is 17.4 Å². The van der Waals surface area contributed by atoms with Crippen molar-refractivity contribution in [3.05, 3.63) is 71.2 Å². The van der Waals surface area contributed by atoms with Gasteiger partial charge in [0, 0.05) is 11.3 Å². The second kappa shape index (κ2) is 8.93. The number of nitrogens with zero attached hydrogens (tertiary/aromatic N) is 4. The van der Waals surface area contributed by atoms with Crippen molar-refractivity contribution in [3.8, 4) is 17.2 Å². The topological polar surface area (TPSA) is 121 Å². The van der Waals surface area contributed by atoms with E-state index in [0.29, 0.717) is 29.6 Å². The normalized spacial score (nSPS) is 10.8. The predicted molar refractivity (Wildman–Crippen MR) is 121 cm³/mol. The summed E-state index contributed by atoms with van der Waals surface area (Å²) in [4.78, 5) is 17.1. The van der Waals surface area contributed by atoms with Crippen molar-refractivity contribution in [1.82, 2.24) is 20.0 Å². The number of anilines is 2. The van der Waals surface area contributed by atoms with Crippen molar-refractivity contribution in [3.63, 3.8) is 0 Å². The Labute approximate surface area is 185 Å². The molecule has 0 saturated carbocycles. The molecule has 0 spiro atoms. The van der Waals surface area contributed by atoms with Crippen LogP contribution in [0.4, 0.5) is 11.5 Å². The highest BCUT2D eigenvalue weighted by Gasteiger charge is 2.20. The van der Waals surface area contributed by atoms with Crippen molar-refractivity contribution in [2.45, 2.75) is 27.3 Å². The average Bonchev–Trinajstić information content (AvgIpc) is 3.33. The zero-order valence-corrected chi connectivity index (χ0v) is 18.1. The molecule has 4 rings (SSSR count). The van der Waals surface area contributed by atoms with Gasteiger partial charge < -0.3 is 20.2 Å². The van der Waals surface area contributed by atoms with Crippen LogP contribution in [0.1, 0.15) is 34.4 Å². The molecule has 0 fully saturated rings. The number of rotatable bonds is 7. The number of nitrogen functional groups attached to an aromatic ring is 1. The molecule has 32 heavy (non-hydrogen) atoms. The number of aromatic nitrogens is 4. The van der Waals surface area contributed by atoms with E-state index in [9.17, 15) is 4.79 Å². The number of ether oxygens (including phenoxy) is 1. The molecule has 0 atom stereocenters. The first-order valence-electron chi connectivity index (χ1n) is 10.2. The second-order valence-electron chi connectivity index (χ2n) is 7.28. The van der Waals surface area contributed by atoms with Gasteiger partial charge in [0.25, 0.3) is 5.91 Å². The number of nitrogens with two attached hydrogens (primary N) is 1. The van der Waals surface area contributed by atoms with Crippen LogP contribution in [0.5, 0.6) is 5.75 Å². The van der Waals surface area contributed by atoms with Gasteiger partial charge in [0.1, 0.15) is 17.2 Å². The molecule has 0 bridgehead atoms. The van der Waals surface area contributed by atoms with Crippen LogP contribution >= 0.6 is 0 Å². The Bertz CT molecular complexity index is 1230. The second-order valence-corrected chi connectivity index (χ2v) is 7.28. The molecule has 0 aliphatic rings. The summed E-state index contributed by atoms with van der Waals surface area (Å²) in [6, 6.07) is 15.0. The number of aryl methyl sites for hydroxylation is 2. The van der Waals surface area contributed by atoms with Crippen LogP contribution in [0.15, 0.2) is 52.9 Å². The number of carbonyl (C=O) groups excluding carboxylic acids is 1. The highest BCUT2D eigenvalue weighted by molar-refractivity contribution is 6.05. The SMILES string of the molecule is CCOc1ccc(-c2nc(Cn3nnc(C(=O)Nc4ccc(C)cc4)c3N)c(C)o2)cc1. The molecule has 0 radical (unpaired) electrons. The summed E-state index contributed by atoms with van der Waals surface area (Å²) < 4.78 is 12.7. The van der Waals surface area contributed by atoms with Gasteiger partial charge in [-0.25, -0.2) is 9.67 Å². The Balaban J connectivity index is 1.49. The lowest BCUT2D eigenvalue weighted by atomic mass is 10.2. The Morgan fingerprint density at radius 2 is 1.84 bits per heavy atom. The summed E-state index contributed by atoms with van der Waals surface area (Å²) >= 11 is 0. The van der Waals surface area contributed by atoms with E-state index in [1.165, 1.54) is 4.68 Å². The number of carbonyl (C=O) groups is 1. The fourth-order valence-electron chi connectivity index (χ4n) is 3.13. The van der Waals surface area contributed by atoms with Crippen molar-refractivity contribution in [2.75, 3.05) is 17.7 Å². The molecule has 164 valence electrons. The van der Waals surface area contributed by atoms with E-state index in [-0.39, 0.29) is 18.1 Å². The minimum absolute atomic E-state index is 0.0541. The first-order chi connectivity index (χ1) is 15.4. The highest BCUT2D eigenvalue weighted by atomic mass is 16.5. The Hall–Kier alpha value is -4.14. The van der Waals surface area contributed by atoms with E-state index in [0.717, 1.165) is 16.9 Å². The third kappa shape index (κ3) is 4.46. The van der Waals surface area contributed by atoms with E-state index in [4.69, 9.17) is 14.9 Å². The van der Waals surface area contributed by atoms with Crippen LogP contribution in [0.3, 0.4) is 0 Å². The van der Waals surface area contributed by atoms with E-state index in [1.807, 2.05) is 69.3 Å². The maximum atomic E-state index is 12.6. The van der Waals surface area contributed by atoms with Gasteiger partial charge in [-0.05, 0) is 57.2 Å². The molecule has 0 unspecified atom stereocenters. The number of amides is 1. The predicted octanol–water partition coefficient (Wildman–Crippen LogP) is 3.83. The molecule has 0 aliphatic heterocycles. The fourth-order valence-corrected chi connectivity index (χ4v) is 3.13. The molecular weight excluding hydrogens is 408 g/mol. The number of hydrogen-bond acceptors (Lipinski definition) is 7. The minimum Gasteiger partial charge on any atom is -0.494 e. The first-order valence-corrected chi connectivity index (χ1v) is 10.2. The standard InChI is InChI=1S/C23H24N6O3/c1-4-31-18-11-7-16(8-12-18)23-26-19(15(3)32-23)13-29-21(24)20(27-28-29)22(30)25-17-9-5-14(2)6-10-17/h5-12H,4,13,24H2,1-3H3,(H,25,30). The monoisotopic (exact) mass is 432 g/mol. The molecule has 1 amide bonds. The third-order valence-corrected chi connectivity index (χ3v) is 4.90. The molecular formula is C23H24N6O3. The summed E-state index contributed by atoms with van der Waals surface area (Å²) in [5.74, 6) is 1.63. The van der Waals surface area contributed by atoms with E-state index in [1.54, 1.807) is 0 Å². The summed E-state index contributed by atoms with van der Waals surface area (Å²) in [7, 11) is 0. The van der Waals surface area contributed by atoms with E-state index >= 15 is 0 Å². The van der Waals surface area contributed by atoms with Gasteiger partial charge >= 0.3 is 0 Å². The highest BCUT2D eigenvalue weighted by Crippen LogP contribution is 2.25. The smallest absolute Gasteiger partial charge is 0.280 e. The first kappa shape index (κ1) is 21.1. The maximum absolute atomic E-state index is 12.6. The van der Waals surface area contributed by atoms with Gasteiger partial charge in [0.15, 0.2) is 11.5 Å².